The highest BCUT2D eigenvalue weighted by molar-refractivity contribution is 7.89. The largest absolute Gasteiger partial charge is 0.339 e. The molecule has 1 fully saturated rings. The zero-order valence-electron chi connectivity index (χ0n) is 19.0. The van der Waals surface area contributed by atoms with Gasteiger partial charge in [-0.2, -0.15) is 4.31 Å². The van der Waals surface area contributed by atoms with Crippen LogP contribution >= 0.6 is 11.6 Å². The molecule has 1 aliphatic rings. The Morgan fingerprint density at radius 2 is 1.45 bits per heavy atom. The molecule has 7 nitrogen and oxygen atoms in total. The van der Waals surface area contributed by atoms with Gasteiger partial charge in [0.25, 0.3) is 0 Å². The summed E-state index contributed by atoms with van der Waals surface area (Å²) in [6.07, 6.45) is 0.484. The third-order valence-corrected chi connectivity index (χ3v) is 7.59. The molecule has 178 valence electrons. The van der Waals surface area contributed by atoms with Crippen molar-refractivity contribution in [2.75, 3.05) is 32.7 Å². The molecule has 1 heterocycles. The van der Waals surface area contributed by atoms with E-state index in [2.05, 4.69) is 0 Å². The molecule has 0 atom stereocenters. The van der Waals surface area contributed by atoms with Gasteiger partial charge in [0.15, 0.2) is 0 Å². The van der Waals surface area contributed by atoms with Crippen LogP contribution in [0.5, 0.6) is 0 Å². The van der Waals surface area contributed by atoms with Crippen molar-refractivity contribution in [1.29, 1.82) is 0 Å². The Morgan fingerprint density at radius 1 is 0.909 bits per heavy atom. The Hall–Kier alpha value is -2.42. The van der Waals surface area contributed by atoms with Crippen molar-refractivity contribution in [1.82, 2.24) is 14.1 Å². The standard InChI is InChI=1S/C24H30ClN3O4S/c1-19(2)16-23(29)26-12-14-27(15-13-26)24(30)18-28(17-20-6-4-3-5-7-20)33(31,32)22-10-8-21(25)9-11-22/h3-11,19H,12-18H2,1-2H3. The average molecular weight is 492 g/mol. The van der Waals surface area contributed by atoms with Crippen LogP contribution in [-0.2, 0) is 26.2 Å². The van der Waals surface area contributed by atoms with E-state index >= 15 is 0 Å². The first-order valence-electron chi connectivity index (χ1n) is 11.0. The van der Waals surface area contributed by atoms with Gasteiger partial charge < -0.3 is 9.80 Å². The summed E-state index contributed by atoms with van der Waals surface area (Å²) in [6.45, 7) is 5.50. The van der Waals surface area contributed by atoms with E-state index in [9.17, 15) is 18.0 Å². The summed E-state index contributed by atoms with van der Waals surface area (Å²) in [5, 5.41) is 0.435. The minimum Gasteiger partial charge on any atom is -0.339 e. The van der Waals surface area contributed by atoms with Crippen LogP contribution in [0.25, 0.3) is 0 Å². The van der Waals surface area contributed by atoms with Crippen LogP contribution in [0.3, 0.4) is 0 Å². The molecule has 2 aromatic carbocycles. The van der Waals surface area contributed by atoms with Crippen LogP contribution in [-0.4, -0.2) is 67.1 Å². The quantitative estimate of drug-likeness (QED) is 0.568. The lowest BCUT2D eigenvalue weighted by Gasteiger charge is -2.36. The molecule has 2 amide bonds. The second-order valence-corrected chi connectivity index (χ2v) is 10.9. The van der Waals surface area contributed by atoms with Crippen molar-refractivity contribution in [3.8, 4) is 0 Å². The minimum atomic E-state index is -3.92. The van der Waals surface area contributed by atoms with Crippen LogP contribution in [0, 0.1) is 5.92 Å². The third-order valence-electron chi connectivity index (χ3n) is 5.53. The molecule has 0 unspecified atom stereocenters. The molecule has 0 spiro atoms. The number of nitrogens with zero attached hydrogens (tertiary/aromatic N) is 3. The normalized spacial score (nSPS) is 14.7. The molecule has 9 heteroatoms. The zero-order valence-corrected chi connectivity index (χ0v) is 20.6. The van der Waals surface area contributed by atoms with Gasteiger partial charge in [-0.1, -0.05) is 55.8 Å². The Labute approximate surface area is 201 Å². The number of amides is 2. The van der Waals surface area contributed by atoms with Gasteiger partial charge in [-0.3, -0.25) is 9.59 Å². The predicted octanol–water partition coefficient (Wildman–Crippen LogP) is 3.25. The molecule has 1 saturated heterocycles. The van der Waals surface area contributed by atoms with Gasteiger partial charge >= 0.3 is 0 Å². The molecule has 2 aromatic rings. The van der Waals surface area contributed by atoms with Crippen LogP contribution in [0.2, 0.25) is 5.02 Å². The van der Waals surface area contributed by atoms with Gasteiger partial charge in [0.1, 0.15) is 0 Å². The monoisotopic (exact) mass is 491 g/mol. The van der Waals surface area contributed by atoms with E-state index in [1.807, 2.05) is 44.2 Å². The number of carbonyl (C=O) groups excluding carboxylic acids is 2. The summed E-state index contributed by atoms with van der Waals surface area (Å²) in [4.78, 5) is 28.9. The summed E-state index contributed by atoms with van der Waals surface area (Å²) < 4.78 is 27.9. The van der Waals surface area contributed by atoms with Crippen molar-refractivity contribution >= 4 is 33.4 Å². The zero-order chi connectivity index (χ0) is 24.0. The topological polar surface area (TPSA) is 78.0 Å². The van der Waals surface area contributed by atoms with E-state index in [0.717, 1.165) is 5.56 Å². The Bertz CT molecular complexity index is 1050. The van der Waals surface area contributed by atoms with E-state index < -0.39 is 10.0 Å². The second kappa shape index (κ2) is 11.1. The van der Waals surface area contributed by atoms with Crippen molar-refractivity contribution < 1.29 is 18.0 Å². The molecule has 0 saturated carbocycles. The second-order valence-electron chi connectivity index (χ2n) is 8.57. The Kier molecular flexibility index (Phi) is 8.51. The van der Waals surface area contributed by atoms with Gasteiger partial charge in [-0.25, -0.2) is 8.42 Å². The molecule has 3 rings (SSSR count). The maximum atomic E-state index is 13.4. The summed E-state index contributed by atoms with van der Waals surface area (Å²) in [5.41, 5.74) is 0.784. The maximum Gasteiger partial charge on any atom is 0.243 e. The first-order chi connectivity index (χ1) is 15.7. The minimum absolute atomic E-state index is 0.0738. The lowest BCUT2D eigenvalue weighted by atomic mass is 10.1. The summed E-state index contributed by atoms with van der Waals surface area (Å²) in [6, 6.07) is 15.1. The summed E-state index contributed by atoms with van der Waals surface area (Å²) in [5.74, 6) is 0.0920. The van der Waals surface area contributed by atoms with Gasteiger partial charge in [0.05, 0.1) is 11.4 Å². The highest BCUT2D eigenvalue weighted by Crippen LogP contribution is 2.21. The molecule has 0 aliphatic carbocycles. The number of carbonyl (C=O) groups is 2. The van der Waals surface area contributed by atoms with Crippen LogP contribution < -0.4 is 0 Å². The number of hydrogen-bond acceptors (Lipinski definition) is 4. The maximum absolute atomic E-state index is 13.4. The van der Waals surface area contributed by atoms with E-state index in [4.69, 9.17) is 11.6 Å². The Morgan fingerprint density at radius 3 is 2.00 bits per heavy atom. The van der Waals surface area contributed by atoms with Crippen LogP contribution in [0.4, 0.5) is 0 Å². The van der Waals surface area contributed by atoms with Gasteiger partial charge in [0.2, 0.25) is 21.8 Å². The number of benzene rings is 2. The third kappa shape index (κ3) is 6.79. The number of sulfonamides is 1. The fraction of sp³-hybridized carbons (Fsp3) is 0.417. The average Bonchev–Trinajstić information content (AvgIpc) is 2.79. The van der Waals surface area contributed by atoms with Crippen molar-refractivity contribution in [2.24, 2.45) is 5.92 Å². The molecular formula is C24H30ClN3O4S. The SMILES string of the molecule is CC(C)CC(=O)N1CCN(C(=O)CN(Cc2ccccc2)S(=O)(=O)c2ccc(Cl)cc2)CC1. The lowest BCUT2D eigenvalue weighted by molar-refractivity contribution is -0.140. The van der Waals surface area contributed by atoms with Crippen molar-refractivity contribution in [2.45, 2.75) is 31.7 Å². The van der Waals surface area contributed by atoms with Crippen LogP contribution in [0.15, 0.2) is 59.5 Å². The van der Waals surface area contributed by atoms with Gasteiger partial charge in [-0.05, 0) is 35.7 Å². The lowest BCUT2D eigenvalue weighted by Crippen LogP contribution is -2.53. The first kappa shape index (κ1) is 25.2. The van der Waals surface area contributed by atoms with Crippen molar-refractivity contribution in [3.05, 3.63) is 65.2 Å². The van der Waals surface area contributed by atoms with E-state index in [1.165, 1.54) is 28.6 Å². The summed E-state index contributed by atoms with van der Waals surface area (Å²) >= 11 is 5.92. The summed E-state index contributed by atoms with van der Waals surface area (Å²) in [7, 11) is -3.92. The Balaban J connectivity index is 1.73. The fourth-order valence-corrected chi connectivity index (χ4v) is 5.21. The molecule has 33 heavy (non-hydrogen) atoms. The molecule has 0 N–H and O–H groups in total. The van der Waals surface area contributed by atoms with Crippen LogP contribution in [0.1, 0.15) is 25.8 Å². The molecular weight excluding hydrogens is 462 g/mol. The van der Waals surface area contributed by atoms with E-state index in [-0.39, 0.29) is 35.7 Å². The molecule has 1 aliphatic heterocycles. The van der Waals surface area contributed by atoms with Gasteiger partial charge in [0, 0.05) is 44.2 Å². The number of rotatable bonds is 8. The molecule has 0 bridgehead atoms. The predicted molar refractivity (Wildman–Crippen MR) is 128 cm³/mol. The van der Waals surface area contributed by atoms with Crippen molar-refractivity contribution in [3.63, 3.8) is 0 Å². The number of halogens is 1. The highest BCUT2D eigenvalue weighted by atomic mass is 35.5. The number of hydrogen-bond donors (Lipinski definition) is 0. The highest BCUT2D eigenvalue weighted by Gasteiger charge is 2.30. The smallest absolute Gasteiger partial charge is 0.243 e. The van der Waals surface area contributed by atoms with E-state index in [1.54, 1.807) is 9.80 Å². The molecule has 0 aromatic heterocycles. The number of piperazine rings is 1. The van der Waals surface area contributed by atoms with E-state index in [0.29, 0.717) is 37.6 Å². The van der Waals surface area contributed by atoms with Gasteiger partial charge in [-0.15, -0.1) is 0 Å². The first-order valence-corrected chi connectivity index (χ1v) is 12.8. The fourth-order valence-electron chi connectivity index (χ4n) is 3.70. The molecule has 0 radical (unpaired) electrons.